The Morgan fingerprint density at radius 3 is 2.31 bits per heavy atom. The van der Waals surface area contributed by atoms with Gasteiger partial charge in [-0.05, 0) is 24.6 Å². The number of amides is 1. The van der Waals surface area contributed by atoms with Gasteiger partial charge in [-0.15, -0.1) is 0 Å². The van der Waals surface area contributed by atoms with Gasteiger partial charge in [0, 0.05) is 6.20 Å². The summed E-state index contributed by atoms with van der Waals surface area (Å²) in [5, 5.41) is 0.230. The fourth-order valence-corrected chi connectivity index (χ4v) is 3.94. The molecule has 0 bridgehead atoms. The number of anilines is 1. The van der Waals surface area contributed by atoms with Gasteiger partial charge in [-0.3, -0.25) is 10.1 Å². The van der Waals surface area contributed by atoms with E-state index < -0.39 is 79.4 Å². The van der Waals surface area contributed by atoms with Gasteiger partial charge >= 0.3 is 12.1 Å². The topological polar surface area (TPSA) is 86.6 Å². The van der Waals surface area contributed by atoms with Crippen LogP contribution in [0.3, 0.4) is 0 Å². The molecule has 1 aromatic heterocycles. The number of hydrogen-bond donors (Lipinski definition) is 1. The summed E-state index contributed by atoms with van der Waals surface area (Å²) in [5.74, 6) is -10.2. The highest BCUT2D eigenvalue weighted by atomic mass is 35.5. The second-order valence-electron chi connectivity index (χ2n) is 7.92. The number of aromatic nitrogens is 1. The van der Waals surface area contributed by atoms with Gasteiger partial charge in [-0.1, -0.05) is 41.9 Å². The van der Waals surface area contributed by atoms with Crippen molar-refractivity contribution in [3.8, 4) is 5.69 Å². The van der Waals surface area contributed by atoms with Crippen LogP contribution in [0.1, 0.15) is 22.8 Å². The first-order valence-corrected chi connectivity index (χ1v) is 11.5. The second kappa shape index (κ2) is 11.1. The highest BCUT2D eigenvalue weighted by Crippen LogP contribution is 2.33. The number of carbonyl (C=O) groups is 2. The molecule has 1 heterocycles. The van der Waals surface area contributed by atoms with Crippen molar-refractivity contribution in [2.24, 2.45) is 0 Å². The fraction of sp³-hybridized carbons (Fsp3) is 0.115. The molecule has 13 heteroatoms. The maximum atomic E-state index is 15.1. The summed E-state index contributed by atoms with van der Waals surface area (Å²) in [4.78, 5) is 37.5. The standard InChI is InChI=1S/C26H16ClF5N2O5/c1-2-38-25(36)14-10-34(23-13(24(14)35)8-15(28)19(29)18(23)27)17-9-16(20(30)22(32)21(17)31)33-26(37)39-11-12-6-4-3-5-7-12/h3-10H,2,11H2,1H3,(H,33,37). The molecule has 0 aliphatic rings. The van der Waals surface area contributed by atoms with E-state index >= 15 is 4.39 Å². The number of hydrogen-bond acceptors (Lipinski definition) is 5. The van der Waals surface area contributed by atoms with Crippen LogP contribution in [0.5, 0.6) is 0 Å². The summed E-state index contributed by atoms with van der Waals surface area (Å²) in [6, 6.07) is 9.36. The molecule has 1 amide bonds. The predicted octanol–water partition coefficient (Wildman–Crippen LogP) is 6.27. The predicted molar refractivity (Wildman–Crippen MR) is 131 cm³/mol. The first-order valence-electron chi connectivity index (χ1n) is 11.1. The van der Waals surface area contributed by atoms with Crippen LogP contribution in [0, 0.1) is 29.1 Å². The van der Waals surface area contributed by atoms with Gasteiger partial charge in [0.2, 0.25) is 5.43 Å². The Balaban J connectivity index is 1.88. The van der Waals surface area contributed by atoms with Crippen LogP contribution >= 0.6 is 11.6 Å². The molecule has 3 aromatic carbocycles. The highest BCUT2D eigenvalue weighted by Gasteiger charge is 2.27. The van der Waals surface area contributed by atoms with Crippen molar-refractivity contribution in [1.82, 2.24) is 4.57 Å². The smallest absolute Gasteiger partial charge is 0.412 e. The minimum Gasteiger partial charge on any atom is -0.462 e. The molecule has 4 aromatic rings. The van der Waals surface area contributed by atoms with Gasteiger partial charge in [-0.2, -0.15) is 0 Å². The molecule has 39 heavy (non-hydrogen) atoms. The summed E-state index contributed by atoms with van der Waals surface area (Å²) < 4.78 is 83.2. The summed E-state index contributed by atoms with van der Waals surface area (Å²) in [5.41, 5.74) is -3.84. The van der Waals surface area contributed by atoms with Crippen molar-refractivity contribution in [2.75, 3.05) is 11.9 Å². The van der Waals surface area contributed by atoms with Gasteiger partial charge in [0.15, 0.2) is 29.1 Å². The maximum Gasteiger partial charge on any atom is 0.412 e. The van der Waals surface area contributed by atoms with Crippen LogP contribution in [0.25, 0.3) is 16.6 Å². The van der Waals surface area contributed by atoms with Gasteiger partial charge in [0.25, 0.3) is 0 Å². The van der Waals surface area contributed by atoms with Gasteiger partial charge in [-0.25, -0.2) is 31.5 Å². The summed E-state index contributed by atoms with van der Waals surface area (Å²) >= 11 is 5.93. The molecule has 0 saturated heterocycles. The van der Waals surface area contributed by atoms with Crippen molar-refractivity contribution in [3.05, 3.63) is 104 Å². The number of nitrogens with zero attached hydrogens (tertiary/aromatic N) is 1. The van der Waals surface area contributed by atoms with E-state index in [1.165, 1.54) is 6.92 Å². The molecule has 0 atom stereocenters. The quantitative estimate of drug-likeness (QED) is 0.169. The van der Waals surface area contributed by atoms with E-state index in [-0.39, 0.29) is 13.2 Å². The van der Waals surface area contributed by atoms with E-state index in [1.54, 1.807) is 30.3 Å². The SMILES string of the molecule is CCOC(=O)c1cn(-c2cc(NC(=O)OCc3ccccc3)c(F)c(F)c2F)c2c(Cl)c(F)c(F)cc2c1=O. The summed E-state index contributed by atoms with van der Waals surface area (Å²) in [7, 11) is 0. The molecule has 0 aliphatic heterocycles. The molecule has 0 unspecified atom stereocenters. The number of nitrogens with one attached hydrogen (secondary N) is 1. The number of rotatable bonds is 6. The molecular formula is C26H16ClF5N2O5. The van der Waals surface area contributed by atoms with Gasteiger partial charge < -0.3 is 14.0 Å². The van der Waals surface area contributed by atoms with E-state index in [0.29, 0.717) is 28.5 Å². The third kappa shape index (κ3) is 5.28. The molecule has 0 fully saturated rings. The molecule has 0 spiro atoms. The normalized spacial score (nSPS) is 10.9. The molecule has 0 aliphatic carbocycles. The molecule has 0 saturated carbocycles. The van der Waals surface area contributed by atoms with E-state index in [0.717, 1.165) is 0 Å². The van der Waals surface area contributed by atoms with E-state index in [2.05, 4.69) is 0 Å². The van der Waals surface area contributed by atoms with Gasteiger partial charge in [0.1, 0.15) is 17.2 Å². The lowest BCUT2D eigenvalue weighted by atomic mass is 10.1. The van der Waals surface area contributed by atoms with Crippen LogP contribution in [-0.4, -0.2) is 23.2 Å². The molecule has 0 radical (unpaired) electrons. The van der Waals surface area contributed by atoms with Crippen molar-refractivity contribution < 1.29 is 41.0 Å². The number of carbonyl (C=O) groups excluding carboxylic acids is 2. The molecule has 202 valence electrons. The first kappa shape index (κ1) is 27.6. The van der Waals surface area contributed by atoms with Crippen molar-refractivity contribution in [3.63, 3.8) is 0 Å². The molecule has 7 nitrogen and oxygen atoms in total. The second-order valence-corrected chi connectivity index (χ2v) is 8.29. The lowest BCUT2D eigenvalue weighted by Gasteiger charge is -2.18. The Kier molecular flexibility index (Phi) is 7.86. The minimum atomic E-state index is -2.07. The van der Waals surface area contributed by atoms with Crippen LogP contribution < -0.4 is 10.7 Å². The first-order chi connectivity index (χ1) is 18.5. The maximum absolute atomic E-state index is 15.1. The number of fused-ring (bicyclic) bond motifs is 1. The number of halogens is 6. The van der Waals surface area contributed by atoms with Gasteiger partial charge in [0.05, 0.1) is 28.9 Å². The van der Waals surface area contributed by atoms with Crippen molar-refractivity contribution >= 4 is 40.3 Å². The number of benzene rings is 3. The Morgan fingerprint density at radius 2 is 1.64 bits per heavy atom. The zero-order valence-corrected chi connectivity index (χ0v) is 20.5. The van der Waals surface area contributed by atoms with Crippen LogP contribution in [0.15, 0.2) is 53.5 Å². The zero-order valence-electron chi connectivity index (χ0n) is 19.8. The third-order valence-corrected chi connectivity index (χ3v) is 5.80. The Hall–Kier alpha value is -4.45. The minimum absolute atomic E-state index is 0.187. The fourth-order valence-electron chi connectivity index (χ4n) is 3.66. The van der Waals surface area contributed by atoms with Crippen LogP contribution in [0.4, 0.5) is 32.4 Å². The zero-order chi connectivity index (χ0) is 28.4. The lowest BCUT2D eigenvalue weighted by Crippen LogP contribution is -2.22. The molecule has 1 N–H and O–H groups in total. The largest absolute Gasteiger partial charge is 0.462 e. The average molecular weight is 567 g/mol. The molecular weight excluding hydrogens is 551 g/mol. The van der Waals surface area contributed by atoms with Crippen LogP contribution in [0.2, 0.25) is 5.02 Å². The summed E-state index contributed by atoms with van der Waals surface area (Å²) in [6.45, 7) is 0.999. The summed E-state index contributed by atoms with van der Waals surface area (Å²) in [6.07, 6.45) is -0.586. The van der Waals surface area contributed by atoms with Crippen molar-refractivity contribution in [1.29, 1.82) is 0 Å². The highest BCUT2D eigenvalue weighted by molar-refractivity contribution is 6.35. The van der Waals surface area contributed by atoms with E-state index in [4.69, 9.17) is 21.1 Å². The number of pyridine rings is 1. The lowest BCUT2D eigenvalue weighted by molar-refractivity contribution is 0.0524. The molecule has 4 rings (SSSR count). The Labute approximate surface area is 221 Å². The van der Waals surface area contributed by atoms with Crippen molar-refractivity contribution in [2.45, 2.75) is 13.5 Å². The number of ether oxygens (including phenoxy) is 2. The third-order valence-electron chi connectivity index (χ3n) is 5.46. The average Bonchev–Trinajstić information content (AvgIpc) is 2.92. The Bertz CT molecular complexity index is 1680. The number of esters is 1. The van der Waals surface area contributed by atoms with Crippen LogP contribution in [-0.2, 0) is 16.1 Å². The van der Waals surface area contributed by atoms with E-state index in [9.17, 15) is 31.9 Å². The Morgan fingerprint density at radius 1 is 0.949 bits per heavy atom. The van der Waals surface area contributed by atoms with E-state index in [1.807, 2.05) is 5.32 Å². The monoisotopic (exact) mass is 566 g/mol.